The van der Waals surface area contributed by atoms with Crippen LogP contribution in [0.4, 0.5) is 0 Å². The first-order valence-corrected chi connectivity index (χ1v) is 5.36. The molecule has 1 atom stereocenters. The maximum absolute atomic E-state index is 9.59. The van der Waals surface area contributed by atoms with Crippen LogP contribution in [0, 0.1) is 0 Å². The van der Waals surface area contributed by atoms with Gasteiger partial charge in [0, 0.05) is 24.2 Å². The van der Waals surface area contributed by atoms with Gasteiger partial charge in [-0.2, -0.15) is 0 Å². The standard InChI is InChI=1S/C11H16ClNO3/c1-16-7-8(6-14)13-5-9-10(12)3-2-4-11(9)15/h2-4,8,13-15H,5-7H2,1H3. The molecule has 0 aliphatic rings. The zero-order chi connectivity index (χ0) is 12.0. The van der Waals surface area contributed by atoms with Crippen LogP contribution in [-0.2, 0) is 11.3 Å². The summed E-state index contributed by atoms with van der Waals surface area (Å²) in [5.74, 6) is 0.147. The van der Waals surface area contributed by atoms with Gasteiger partial charge in [0.2, 0.25) is 0 Å². The van der Waals surface area contributed by atoms with E-state index in [0.29, 0.717) is 23.7 Å². The third-order valence-electron chi connectivity index (χ3n) is 2.25. The van der Waals surface area contributed by atoms with Gasteiger partial charge in [0.05, 0.1) is 19.3 Å². The fourth-order valence-corrected chi connectivity index (χ4v) is 1.58. The zero-order valence-corrected chi connectivity index (χ0v) is 9.87. The maximum atomic E-state index is 9.59. The number of hydrogen-bond donors (Lipinski definition) is 3. The van der Waals surface area contributed by atoms with Crippen LogP contribution in [0.1, 0.15) is 5.56 Å². The molecule has 5 heteroatoms. The Hall–Kier alpha value is -0.810. The van der Waals surface area contributed by atoms with E-state index in [1.165, 1.54) is 0 Å². The van der Waals surface area contributed by atoms with Crippen molar-refractivity contribution in [2.75, 3.05) is 20.3 Å². The Kier molecular flexibility index (Phi) is 5.55. The van der Waals surface area contributed by atoms with Crippen LogP contribution in [0.15, 0.2) is 18.2 Å². The van der Waals surface area contributed by atoms with Crippen LogP contribution < -0.4 is 5.32 Å². The van der Waals surface area contributed by atoms with Crippen LogP contribution in [0.3, 0.4) is 0 Å². The molecule has 0 bridgehead atoms. The van der Waals surface area contributed by atoms with Crippen molar-refractivity contribution in [3.63, 3.8) is 0 Å². The number of nitrogens with one attached hydrogen (secondary N) is 1. The van der Waals surface area contributed by atoms with Crippen molar-refractivity contribution < 1.29 is 14.9 Å². The molecule has 1 aromatic rings. The Labute approximate surface area is 99.8 Å². The van der Waals surface area contributed by atoms with Crippen LogP contribution in [0.25, 0.3) is 0 Å². The smallest absolute Gasteiger partial charge is 0.121 e. The van der Waals surface area contributed by atoms with E-state index >= 15 is 0 Å². The molecule has 0 spiro atoms. The molecule has 90 valence electrons. The van der Waals surface area contributed by atoms with Gasteiger partial charge in [-0.3, -0.25) is 0 Å². The average Bonchev–Trinajstić information content (AvgIpc) is 2.27. The van der Waals surface area contributed by atoms with Crippen molar-refractivity contribution in [1.29, 1.82) is 0 Å². The molecular weight excluding hydrogens is 230 g/mol. The third kappa shape index (κ3) is 3.64. The Morgan fingerprint density at radius 1 is 1.50 bits per heavy atom. The summed E-state index contributed by atoms with van der Waals surface area (Å²) in [6.07, 6.45) is 0. The Morgan fingerprint density at radius 3 is 2.81 bits per heavy atom. The van der Waals surface area contributed by atoms with E-state index in [9.17, 15) is 5.11 Å². The number of benzene rings is 1. The lowest BCUT2D eigenvalue weighted by atomic mass is 10.2. The molecule has 3 N–H and O–H groups in total. The molecule has 0 heterocycles. The van der Waals surface area contributed by atoms with Gasteiger partial charge in [0.1, 0.15) is 5.75 Å². The molecular formula is C11H16ClNO3. The minimum atomic E-state index is -0.166. The molecule has 16 heavy (non-hydrogen) atoms. The van der Waals surface area contributed by atoms with E-state index in [4.69, 9.17) is 21.4 Å². The summed E-state index contributed by atoms with van der Waals surface area (Å²) >= 11 is 5.94. The highest BCUT2D eigenvalue weighted by Crippen LogP contribution is 2.24. The second-order valence-corrected chi connectivity index (χ2v) is 3.86. The average molecular weight is 246 g/mol. The molecule has 0 saturated heterocycles. The molecule has 0 saturated carbocycles. The molecule has 0 aromatic heterocycles. The third-order valence-corrected chi connectivity index (χ3v) is 2.60. The second kappa shape index (κ2) is 6.70. The van der Waals surface area contributed by atoms with Gasteiger partial charge in [-0.15, -0.1) is 0 Å². The maximum Gasteiger partial charge on any atom is 0.121 e. The van der Waals surface area contributed by atoms with Crippen molar-refractivity contribution in [2.45, 2.75) is 12.6 Å². The first kappa shape index (κ1) is 13.3. The fraction of sp³-hybridized carbons (Fsp3) is 0.455. The van der Waals surface area contributed by atoms with Gasteiger partial charge in [-0.05, 0) is 12.1 Å². The summed E-state index contributed by atoms with van der Waals surface area (Å²) in [6, 6.07) is 4.80. The van der Waals surface area contributed by atoms with Crippen molar-refractivity contribution in [3.05, 3.63) is 28.8 Å². The van der Waals surface area contributed by atoms with Gasteiger partial charge < -0.3 is 20.3 Å². The first-order chi connectivity index (χ1) is 7.69. The lowest BCUT2D eigenvalue weighted by Crippen LogP contribution is -2.35. The number of phenols is 1. The quantitative estimate of drug-likeness (QED) is 0.704. The van der Waals surface area contributed by atoms with Gasteiger partial charge >= 0.3 is 0 Å². The monoisotopic (exact) mass is 245 g/mol. The summed E-state index contributed by atoms with van der Waals surface area (Å²) in [6.45, 7) is 0.765. The summed E-state index contributed by atoms with van der Waals surface area (Å²) in [5.41, 5.74) is 0.624. The number of methoxy groups -OCH3 is 1. The minimum absolute atomic E-state index is 0.0287. The Bertz CT molecular complexity index is 313. The highest BCUT2D eigenvalue weighted by atomic mass is 35.5. The van der Waals surface area contributed by atoms with E-state index in [1.54, 1.807) is 25.3 Å². The normalized spacial score (nSPS) is 12.7. The van der Waals surface area contributed by atoms with E-state index in [-0.39, 0.29) is 18.4 Å². The van der Waals surface area contributed by atoms with E-state index in [2.05, 4.69) is 5.32 Å². The lowest BCUT2D eigenvalue weighted by Gasteiger charge is -2.16. The Morgan fingerprint density at radius 2 is 2.25 bits per heavy atom. The van der Waals surface area contributed by atoms with Crippen molar-refractivity contribution >= 4 is 11.6 Å². The molecule has 4 nitrogen and oxygen atoms in total. The summed E-state index contributed by atoms with van der Waals surface area (Å²) in [4.78, 5) is 0. The molecule has 0 fully saturated rings. The van der Waals surface area contributed by atoms with Gasteiger partial charge in [-0.25, -0.2) is 0 Å². The van der Waals surface area contributed by atoms with Crippen molar-refractivity contribution in [3.8, 4) is 5.75 Å². The molecule has 0 aliphatic heterocycles. The number of aliphatic hydroxyl groups excluding tert-OH is 1. The summed E-state index contributed by atoms with van der Waals surface area (Å²) < 4.78 is 4.93. The molecule has 0 aliphatic carbocycles. The number of aliphatic hydroxyl groups is 1. The molecule has 1 aromatic carbocycles. The number of rotatable bonds is 6. The predicted molar refractivity (Wildman–Crippen MR) is 62.7 cm³/mol. The van der Waals surface area contributed by atoms with E-state index < -0.39 is 0 Å². The lowest BCUT2D eigenvalue weighted by molar-refractivity contribution is 0.128. The molecule has 0 amide bonds. The molecule has 0 radical (unpaired) electrons. The van der Waals surface area contributed by atoms with E-state index in [0.717, 1.165) is 0 Å². The number of hydrogen-bond acceptors (Lipinski definition) is 4. The largest absolute Gasteiger partial charge is 0.508 e. The van der Waals surface area contributed by atoms with Gasteiger partial charge in [0.25, 0.3) is 0 Å². The van der Waals surface area contributed by atoms with Gasteiger partial charge in [-0.1, -0.05) is 17.7 Å². The highest BCUT2D eigenvalue weighted by molar-refractivity contribution is 6.31. The van der Waals surface area contributed by atoms with Crippen LogP contribution in [0.2, 0.25) is 5.02 Å². The number of phenolic OH excluding ortho intramolecular Hbond substituents is 1. The summed E-state index contributed by atoms with van der Waals surface area (Å²) in [7, 11) is 1.57. The number of halogens is 1. The summed E-state index contributed by atoms with van der Waals surface area (Å²) in [5, 5.41) is 22.2. The molecule has 1 rings (SSSR count). The number of aromatic hydroxyl groups is 1. The van der Waals surface area contributed by atoms with E-state index in [1.807, 2.05) is 0 Å². The second-order valence-electron chi connectivity index (χ2n) is 3.45. The Balaban J connectivity index is 2.59. The predicted octanol–water partition coefficient (Wildman–Crippen LogP) is 1.14. The van der Waals surface area contributed by atoms with Gasteiger partial charge in [0.15, 0.2) is 0 Å². The van der Waals surface area contributed by atoms with Crippen molar-refractivity contribution in [1.82, 2.24) is 5.32 Å². The first-order valence-electron chi connectivity index (χ1n) is 4.98. The highest BCUT2D eigenvalue weighted by Gasteiger charge is 2.10. The zero-order valence-electron chi connectivity index (χ0n) is 9.11. The van der Waals surface area contributed by atoms with Crippen LogP contribution in [-0.4, -0.2) is 36.6 Å². The number of ether oxygens (including phenoxy) is 1. The molecule has 1 unspecified atom stereocenters. The van der Waals surface area contributed by atoms with Crippen LogP contribution >= 0.6 is 11.6 Å². The fourth-order valence-electron chi connectivity index (χ4n) is 1.35. The topological polar surface area (TPSA) is 61.7 Å². The minimum Gasteiger partial charge on any atom is -0.508 e. The van der Waals surface area contributed by atoms with Crippen molar-refractivity contribution in [2.24, 2.45) is 0 Å². The van der Waals surface area contributed by atoms with Crippen LogP contribution in [0.5, 0.6) is 5.75 Å². The SMILES string of the molecule is COCC(CO)NCc1c(O)cccc1Cl.